The van der Waals surface area contributed by atoms with Crippen LogP contribution in [-0.4, -0.2) is 63.2 Å². The van der Waals surface area contributed by atoms with E-state index in [0.717, 1.165) is 96.7 Å². The molecule has 0 aromatic carbocycles. The zero-order valence-corrected chi connectivity index (χ0v) is 30.6. The Hall–Kier alpha value is -4.86. The Morgan fingerprint density at radius 3 is 1.75 bits per heavy atom. The lowest BCUT2D eigenvalue weighted by Gasteiger charge is -2.07. The minimum Gasteiger partial charge on any atom is -0.481 e. The third-order valence-electron chi connectivity index (χ3n) is 9.75. The molecule has 0 spiro atoms. The summed E-state index contributed by atoms with van der Waals surface area (Å²) in [4.78, 5) is 42.1. The highest BCUT2D eigenvalue weighted by molar-refractivity contribution is 5.97. The van der Waals surface area contributed by atoms with E-state index in [1.54, 1.807) is 0 Å². The number of hydrogen-bond donors (Lipinski definition) is 3. The summed E-state index contributed by atoms with van der Waals surface area (Å²) >= 11 is 0. The number of H-pyrrole nitrogens is 2. The number of nitrogens with zero attached hydrogens (tertiary/aromatic N) is 2. The van der Waals surface area contributed by atoms with Gasteiger partial charge in [0.2, 0.25) is 0 Å². The molecular weight excluding hydrogens is 640 g/mol. The highest BCUT2D eigenvalue weighted by atomic mass is 16.5. The summed E-state index contributed by atoms with van der Waals surface area (Å²) in [7, 11) is 0. The van der Waals surface area contributed by atoms with Gasteiger partial charge in [0, 0.05) is 65.7 Å². The number of ketones is 1. The number of aromatic amines is 2. The molecule has 0 amide bonds. The van der Waals surface area contributed by atoms with Gasteiger partial charge in [-0.15, -0.1) is 0 Å². The number of carbonyl (C=O) groups is 2. The maximum atomic E-state index is 13.1. The van der Waals surface area contributed by atoms with E-state index < -0.39 is 5.97 Å². The lowest BCUT2D eigenvalue weighted by molar-refractivity contribution is -0.136. The van der Waals surface area contributed by atoms with Gasteiger partial charge >= 0.3 is 5.97 Å². The van der Waals surface area contributed by atoms with Crippen LogP contribution in [0.5, 0.6) is 0 Å². The summed E-state index contributed by atoms with van der Waals surface area (Å²) in [6.45, 7) is 20.8. The van der Waals surface area contributed by atoms with Crippen molar-refractivity contribution in [1.29, 1.82) is 0 Å². The van der Waals surface area contributed by atoms with Gasteiger partial charge in [0.05, 0.1) is 36.0 Å². The van der Waals surface area contributed by atoms with Crippen LogP contribution in [0.2, 0.25) is 0 Å². The molecule has 9 heteroatoms. The number of rotatable bonds is 17. The Labute approximate surface area is 300 Å². The molecule has 0 atom stereocenters. The molecule has 0 unspecified atom stereocenters. The van der Waals surface area contributed by atoms with Crippen LogP contribution in [0, 0.1) is 13.8 Å². The second kappa shape index (κ2) is 16.9. The van der Waals surface area contributed by atoms with E-state index in [-0.39, 0.29) is 12.2 Å². The molecule has 2 aliphatic rings. The summed E-state index contributed by atoms with van der Waals surface area (Å²) in [5, 5.41) is 9.59. The van der Waals surface area contributed by atoms with Crippen molar-refractivity contribution in [2.24, 2.45) is 0 Å². The van der Waals surface area contributed by atoms with Crippen LogP contribution in [0.15, 0.2) is 37.4 Å². The monoisotopic (exact) mass is 690 g/mol. The second-order valence-corrected chi connectivity index (χ2v) is 13.2. The first-order chi connectivity index (χ1) is 24.6. The van der Waals surface area contributed by atoms with Crippen LogP contribution in [-0.2, 0) is 19.1 Å². The van der Waals surface area contributed by atoms with Crippen molar-refractivity contribution in [2.75, 3.05) is 26.4 Å². The maximum Gasteiger partial charge on any atom is 0.303 e. The van der Waals surface area contributed by atoms with Gasteiger partial charge in [-0.2, -0.15) is 0 Å². The molecule has 3 aromatic heterocycles. The van der Waals surface area contributed by atoms with E-state index in [9.17, 15) is 14.7 Å². The molecule has 5 rings (SSSR count). The third kappa shape index (κ3) is 8.55. The predicted molar refractivity (Wildman–Crippen MR) is 208 cm³/mol. The van der Waals surface area contributed by atoms with Crippen molar-refractivity contribution in [3.63, 3.8) is 0 Å². The number of Topliss-reactive ketones (excluding diaryl/α,β-unsaturated/α-hetero) is 1. The van der Waals surface area contributed by atoms with Gasteiger partial charge in [0.1, 0.15) is 5.78 Å². The number of aromatic nitrogens is 4. The minimum atomic E-state index is -0.868. The van der Waals surface area contributed by atoms with Crippen LogP contribution < -0.4 is 0 Å². The molecule has 0 saturated carbocycles. The van der Waals surface area contributed by atoms with Gasteiger partial charge in [-0.3, -0.25) is 9.59 Å². The van der Waals surface area contributed by atoms with Crippen molar-refractivity contribution < 1.29 is 24.2 Å². The Balaban J connectivity index is 1.60. The van der Waals surface area contributed by atoms with Crippen molar-refractivity contribution in [3.05, 3.63) is 82.5 Å². The normalized spacial score (nSPS) is 12.9. The number of carboxylic acids is 1. The number of aliphatic carboxylic acids is 1. The average molecular weight is 691 g/mol. The minimum absolute atomic E-state index is 0.0192. The summed E-state index contributed by atoms with van der Waals surface area (Å²) in [6.07, 6.45) is 7.02. The van der Waals surface area contributed by atoms with Gasteiger partial charge in [-0.1, -0.05) is 32.2 Å². The molecule has 3 N–H and O–H groups in total. The van der Waals surface area contributed by atoms with E-state index in [0.29, 0.717) is 57.6 Å². The summed E-state index contributed by atoms with van der Waals surface area (Å²) in [5.41, 5.74) is 14.5. The highest BCUT2D eigenvalue weighted by Crippen LogP contribution is 2.38. The van der Waals surface area contributed by atoms with Crippen LogP contribution in [0.1, 0.15) is 111 Å². The molecule has 0 fully saturated rings. The summed E-state index contributed by atoms with van der Waals surface area (Å²) in [6, 6.07) is 8.12. The van der Waals surface area contributed by atoms with Gasteiger partial charge in [0.15, 0.2) is 0 Å². The molecule has 2 aliphatic heterocycles. The number of aryl methyl sites for hydroxylation is 2. The van der Waals surface area contributed by atoms with Crippen molar-refractivity contribution in [1.82, 2.24) is 19.9 Å². The fourth-order valence-corrected chi connectivity index (χ4v) is 6.76. The Bertz CT molecular complexity index is 2080. The number of carbonyl (C=O) groups excluding carboxylic acids is 1. The van der Waals surface area contributed by atoms with Crippen LogP contribution in [0.4, 0.5) is 0 Å². The average Bonchev–Trinajstić information content (AvgIpc) is 3.76. The van der Waals surface area contributed by atoms with E-state index >= 15 is 0 Å². The van der Waals surface area contributed by atoms with Crippen LogP contribution >= 0.6 is 0 Å². The molecule has 51 heavy (non-hydrogen) atoms. The molecule has 0 aliphatic carbocycles. The maximum absolute atomic E-state index is 13.1. The Morgan fingerprint density at radius 1 is 0.686 bits per heavy atom. The van der Waals surface area contributed by atoms with E-state index in [2.05, 4.69) is 56.0 Å². The first-order valence-electron chi connectivity index (χ1n) is 17.9. The first-order valence-corrected chi connectivity index (χ1v) is 17.9. The molecule has 3 aromatic rings. The topological polar surface area (TPSA) is 130 Å². The standard InChI is InChI=1S/C42H50N4O5/c1-8-17-50-19-20-51-18-11-12-29(47)13-14-32-27(6)35-21-34-25(4)30(9-2)38(43-34)22-36-26(5)31(10-3)39(44-36)23-37-28(7)33(15-16-42(48)49)41(46-37)24-40(32)45-35/h9-10,21-24,43-44H,2-3,8,11-20H2,1,4-7H3,(H,48,49). The lowest BCUT2D eigenvalue weighted by atomic mass is 9.97. The SMILES string of the molecule is C=Cc1c(C)c2cc3[nH]c(cc4nc(cc5nc(cc1[nH]2)C(C)=C5CCC(=O)O)C(CCC(=O)CCCOCCOCCC)=C4C)c(C)c3C=C. The van der Waals surface area contributed by atoms with Gasteiger partial charge < -0.3 is 24.5 Å². The summed E-state index contributed by atoms with van der Waals surface area (Å²) in [5.74, 6) is -0.695. The Kier molecular flexibility index (Phi) is 12.4. The zero-order valence-electron chi connectivity index (χ0n) is 30.6. The van der Waals surface area contributed by atoms with Crippen molar-refractivity contribution in [3.8, 4) is 0 Å². The number of nitrogens with one attached hydrogen (secondary N) is 2. The van der Waals surface area contributed by atoms with E-state index in [1.807, 2.05) is 38.1 Å². The van der Waals surface area contributed by atoms with E-state index in [4.69, 9.17) is 19.4 Å². The highest BCUT2D eigenvalue weighted by Gasteiger charge is 2.23. The largest absolute Gasteiger partial charge is 0.481 e. The van der Waals surface area contributed by atoms with Crippen LogP contribution in [0.25, 0.3) is 56.5 Å². The number of allylic oxidation sites excluding steroid dienone is 4. The number of hydrogen-bond acceptors (Lipinski definition) is 6. The molecule has 8 bridgehead atoms. The van der Waals surface area contributed by atoms with Gasteiger partial charge in [-0.25, -0.2) is 9.97 Å². The number of ether oxygens (including phenoxy) is 2. The van der Waals surface area contributed by atoms with Crippen molar-refractivity contribution >= 4 is 68.3 Å². The van der Waals surface area contributed by atoms with Gasteiger partial charge in [0.25, 0.3) is 0 Å². The van der Waals surface area contributed by atoms with E-state index in [1.165, 1.54) is 0 Å². The fraction of sp³-hybridized carbons (Fsp3) is 0.381. The molecule has 0 saturated heterocycles. The molecule has 268 valence electrons. The molecular formula is C42H50N4O5. The first kappa shape index (κ1) is 37.4. The smallest absolute Gasteiger partial charge is 0.303 e. The van der Waals surface area contributed by atoms with Crippen molar-refractivity contribution in [2.45, 2.75) is 79.6 Å². The lowest BCUT2D eigenvalue weighted by Crippen LogP contribution is -2.07. The number of fused-ring (bicyclic) bond motifs is 8. The fourth-order valence-electron chi connectivity index (χ4n) is 6.76. The second-order valence-electron chi connectivity index (χ2n) is 13.2. The quantitative estimate of drug-likeness (QED) is 0.120. The zero-order chi connectivity index (χ0) is 36.7. The number of carboxylic acid groups (broad SMARTS) is 1. The van der Waals surface area contributed by atoms with Crippen LogP contribution in [0.3, 0.4) is 0 Å². The molecule has 0 radical (unpaired) electrons. The summed E-state index contributed by atoms with van der Waals surface area (Å²) < 4.78 is 11.1. The molecule has 9 nitrogen and oxygen atoms in total. The third-order valence-corrected chi connectivity index (χ3v) is 9.75. The predicted octanol–water partition coefficient (Wildman–Crippen LogP) is 9.52. The Morgan fingerprint density at radius 2 is 1.20 bits per heavy atom. The molecule has 5 heterocycles. The van der Waals surface area contributed by atoms with Gasteiger partial charge in [-0.05, 0) is 111 Å².